The van der Waals surface area contributed by atoms with Crippen molar-refractivity contribution in [3.8, 4) is 5.75 Å². The number of rotatable bonds is 6. The predicted molar refractivity (Wildman–Crippen MR) is 117 cm³/mol. The van der Waals surface area contributed by atoms with Gasteiger partial charge in [-0.25, -0.2) is 9.18 Å². The Balaban J connectivity index is 1.70. The van der Waals surface area contributed by atoms with Gasteiger partial charge in [-0.2, -0.15) is 0 Å². The molecule has 1 aliphatic rings. The molecule has 0 atom stereocenters. The topological polar surface area (TPSA) is 59.4 Å². The van der Waals surface area contributed by atoms with Crippen LogP contribution in [0.1, 0.15) is 46.3 Å². The largest absolute Gasteiger partial charge is 0.488 e. The summed E-state index contributed by atoms with van der Waals surface area (Å²) in [6.45, 7) is 0.327. The van der Waals surface area contributed by atoms with Crippen LogP contribution >= 0.6 is 15.9 Å². The van der Waals surface area contributed by atoms with Crippen LogP contribution in [0.3, 0.4) is 0 Å². The van der Waals surface area contributed by atoms with E-state index in [1.807, 2.05) is 18.2 Å². The van der Waals surface area contributed by atoms with Gasteiger partial charge in [-0.05, 0) is 77.9 Å². The fourth-order valence-corrected chi connectivity index (χ4v) is 4.05. The van der Waals surface area contributed by atoms with Crippen LogP contribution in [0.25, 0.3) is 11.1 Å². The summed E-state index contributed by atoms with van der Waals surface area (Å²) in [5.74, 6) is -0.532. The monoisotopic (exact) mass is 467 g/mol. The van der Waals surface area contributed by atoms with Crippen LogP contribution in [0.5, 0.6) is 5.75 Å². The molecule has 1 aliphatic carbocycles. The number of hydrogen-bond donors (Lipinski definition) is 1. The molecule has 4 rings (SSSR count). The van der Waals surface area contributed by atoms with Gasteiger partial charge in [0.15, 0.2) is 0 Å². The number of carboxylic acids is 1. The van der Waals surface area contributed by atoms with Gasteiger partial charge in [0.25, 0.3) is 0 Å². The second kappa shape index (κ2) is 8.79. The standard InChI is InChI=1S/C24H19BrFNO3/c25-18-6-9-23(30-14-15-4-7-19(26)8-5-15)22(11-18)21-3-1-2-20(21)16-10-17(24(28)29)13-27-12-16/h4-13H,1-3,14H2,(H,28,29). The second-order valence-corrected chi connectivity index (χ2v) is 8.05. The molecule has 0 fully saturated rings. The van der Waals surface area contributed by atoms with E-state index in [0.29, 0.717) is 6.61 Å². The van der Waals surface area contributed by atoms with Crippen molar-refractivity contribution in [1.29, 1.82) is 0 Å². The molecule has 0 aliphatic heterocycles. The second-order valence-electron chi connectivity index (χ2n) is 7.13. The molecule has 0 spiro atoms. The average molecular weight is 468 g/mol. The predicted octanol–water partition coefficient (Wildman–Crippen LogP) is 6.36. The van der Waals surface area contributed by atoms with Crippen molar-refractivity contribution in [2.45, 2.75) is 25.9 Å². The Hall–Kier alpha value is -2.99. The lowest BCUT2D eigenvalue weighted by molar-refractivity contribution is 0.0696. The quantitative estimate of drug-likeness (QED) is 0.458. The van der Waals surface area contributed by atoms with E-state index < -0.39 is 5.97 Å². The first-order valence-electron chi connectivity index (χ1n) is 9.59. The Kier molecular flexibility index (Phi) is 5.95. The van der Waals surface area contributed by atoms with Crippen LogP contribution in [0.2, 0.25) is 0 Å². The minimum Gasteiger partial charge on any atom is -0.488 e. The molecule has 0 bridgehead atoms. The van der Waals surface area contributed by atoms with Gasteiger partial charge >= 0.3 is 5.97 Å². The smallest absolute Gasteiger partial charge is 0.337 e. The minimum atomic E-state index is -0.990. The van der Waals surface area contributed by atoms with Gasteiger partial charge in [0.1, 0.15) is 18.2 Å². The van der Waals surface area contributed by atoms with Gasteiger partial charge in [0, 0.05) is 22.4 Å². The van der Waals surface area contributed by atoms with Crippen molar-refractivity contribution in [1.82, 2.24) is 4.98 Å². The number of halogens is 2. The maximum Gasteiger partial charge on any atom is 0.337 e. The van der Waals surface area contributed by atoms with Gasteiger partial charge in [-0.15, -0.1) is 0 Å². The molecule has 1 heterocycles. The van der Waals surface area contributed by atoms with Crippen LogP contribution in [0.15, 0.2) is 65.4 Å². The molecule has 30 heavy (non-hydrogen) atoms. The molecule has 152 valence electrons. The molecule has 0 amide bonds. The van der Waals surface area contributed by atoms with E-state index in [-0.39, 0.29) is 11.4 Å². The van der Waals surface area contributed by atoms with E-state index in [9.17, 15) is 14.3 Å². The zero-order valence-corrected chi connectivity index (χ0v) is 17.7. The first kappa shape index (κ1) is 20.3. The fourth-order valence-electron chi connectivity index (χ4n) is 3.69. The van der Waals surface area contributed by atoms with E-state index in [4.69, 9.17) is 4.74 Å². The number of aromatic nitrogens is 1. The summed E-state index contributed by atoms with van der Waals surface area (Å²) < 4.78 is 20.2. The van der Waals surface area contributed by atoms with Gasteiger partial charge in [0.05, 0.1) is 5.56 Å². The molecule has 3 aromatic rings. The van der Waals surface area contributed by atoms with Crippen LogP contribution in [-0.2, 0) is 6.61 Å². The van der Waals surface area contributed by atoms with E-state index in [1.165, 1.54) is 18.3 Å². The lowest BCUT2D eigenvalue weighted by atomic mass is 9.96. The lowest BCUT2D eigenvalue weighted by Gasteiger charge is -2.15. The third-order valence-electron chi connectivity index (χ3n) is 5.13. The lowest BCUT2D eigenvalue weighted by Crippen LogP contribution is -2.00. The summed E-state index contributed by atoms with van der Waals surface area (Å²) in [5, 5.41) is 9.31. The number of allylic oxidation sites excluding steroid dienone is 2. The zero-order valence-electron chi connectivity index (χ0n) is 16.1. The molecule has 4 nitrogen and oxygen atoms in total. The van der Waals surface area contributed by atoms with Gasteiger partial charge < -0.3 is 9.84 Å². The first-order valence-corrected chi connectivity index (χ1v) is 10.4. The first-order chi connectivity index (χ1) is 14.5. The minimum absolute atomic E-state index is 0.174. The Morgan fingerprint density at radius 3 is 2.60 bits per heavy atom. The Labute approximate surface area is 182 Å². The summed E-state index contributed by atoms with van der Waals surface area (Å²) in [6.07, 6.45) is 5.77. The fraction of sp³-hybridized carbons (Fsp3) is 0.167. The van der Waals surface area contributed by atoms with Crippen molar-refractivity contribution in [2.24, 2.45) is 0 Å². The molecule has 0 saturated heterocycles. The van der Waals surface area contributed by atoms with Crippen LogP contribution < -0.4 is 4.74 Å². The number of nitrogens with zero attached hydrogens (tertiary/aromatic N) is 1. The Bertz CT molecular complexity index is 1130. The Morgan fingerprint density at radius 2 is 1.83 bits per heavy atom. The molecular weight excluding hydrogens is 449 g/mol. The van der Waals surface area contributed by atoms with Crippen molar-refractivity contribution in [3.63, 3.8) is 0 Å². The zero-order chi connectivity index (χ0) is 21.1. The molecule has 6 heteroatoms. The van der Waals surface area contributed by atoms with Crippen molar-refractivity contribution >= 4 is 33.0 Å². The van der Waals surface area contributed by atoms with Crippen LogP contribution in [0.4, 0.5) is 4.39 Å². The van der Waals surface area contributed by atoms with Gasteiger partial charge in [-0.1, -0.05) is 28.1 Å². The van der Waals surface area contributed by atoms with Crippen LogP contribution in [0, 0.1) is 5.82 Å². The van der Waals surface area contributed by atoms with Crippen molar-refractivity contribution in [3.05, 3.63) is 93.5 Å². The molecule has 0 unspecified atom stereocenters. The summed E-state index contributed by atoms with van der Waals surface area (Å²) in [5.41, 5.74) is 5.08. The maximum absolute atomic E-state index is 13.2. The van der Waals surface area contributed by atoms with Gasteiger partial charge in [-0.3, -0.25) is 4.98 Å². The number of benzene rings is 2. The van der Waals surface area contributed by atoms with E-state index in [2.05, 4.69) is 20.9 Å². The van der Waals surface area contributed by atoms with E-state index in [1.54, 1.807) is 24.4 Å². The highest BCUT2D eigenvalue weighted by atomic mass is 79.9. The highest BCUT2D eigenvalue weighted by molar-refractivity contribution is 9.10. The highest BCUT2D eigenvalue weighted by Crippen LogP contribution is 2.43. The maximum atomic E-state index is 13.2. The molecule has 2 aromatic carbocycles. The Morgan fingerprint density at radius 1 is 1.07 bits per heavy atom. The van der Waals surface area contributed by atoms with Crippen LogP contribution in [-0.4, -0.2) is 16.1 Å². The SMILES string of the molecule is O=C(O)c1cncc(C2=C(c3cc(Br)ccc3OCc3ccc(F)cc3)CCC2)c1. The third kappa shape index (κ3) is 4.44. The normalized spacial score (nSPS) is 13.5. The number of hydrogen-bond acceptors (Lipinski definition) is 3. The summed E-state index contributed by atoms with van der Waals surface area (Å²) in [7, 11) is 0. The third-order valence-corrected chi connectivity index (χ3v) is 5.62. The molecule has 0 radical (unpaired) electrons. The molecule has 1 N–H and O–H groups in total. The summed E-state index contributed by atoms with van der Waals surface area (Å²) in [4.78, 5) is 15.5. The summed E-state index contributed by atoms with van der Waals surface area (Å²) >= 11 is 3.54. The summed E-state index contributed by atoms with van der Waals surface area (Å²) in [6, 6.07) is 13.8. The number of carbonyl (C=O) groups is 1. The number of aromatic carboxylic acids is 1. The average Bonchev–Trinajstić information content (AvgIpc) is 3.24. The van der Waals surface area contributed by atoms with E-state index >= 15 is 0 Å². The number of carboxylic acid groups (broad SMARTS) is 1. The molecule has 0 saturated carbocycles. The number of ether oxygens (including phenoxy) is 1. The highest BCUT2D eigenvalue weighted by Gasteiger charge is 2.22. The van der Waals surface area contributed by atoms with Crippen molar-refractivity contribution in [2.75, 3.05) is 0 Å². The van der Waals surface area contributed by atoms with Gasteiger partial charge in [0.2, 0.25) is 0 Å². The number of pyridine rings is 1. The molecule has 1 aromatic heterocycles. The van der Waals surface area contributed by atoms with Crippen molar-refractivity contribution < 1.29 is 19.0 Å². The van der Waals surface area contributed by atoms with E-state index in [0.717, 1.165) is 57.3 Å². The molecular formula is C24H19BrFNO3.